The second kappa shape index (κ2) is 3.69. The number of nitrogens with two attached hydrogens (primary N) is 1. The molecule has 0 radical (unpaired) electrons. The number of amides is 1. The van der Waals surface area contributed by atoms with Gasteiger partial charge in [-0.2, -0.15) is 0 Å². The summed E-state index contributed by atoms with van der Waals surface area (Å²) in [5, 5.41) is 0. The van der Waals surface area contributed by atoms with E-state index in [-0.39, 0.29) is 5.91 Å². The molecule has 1 aromatic carbocycles. The third-order valence-corrected chi connectivity index (χ3v) is 2.64. The molecule has 3 nitrogen and oxygen atoms in total. The van der Waals surface area contributed by atoms with Crippen molar-refractivity contribution < 1.29 is 4.79 Å². The van der Waals surface area contributed by atoms with Gasteiger partial charge >= 0.3 is 0 Å². The minimum atomic E-state index is -0.768. The van der Waals surface area contributed by atoms with E-state index < -0.39 is 5.41 Å². The molecule has 0 saturated heterocycles. The van der Waals surface area contributed by atoms with Crippen molar-refractivity contribution in [3.8, 4) is 0 Å². The van der Waals surface area contributed by atoms with E-state index >= 15 is 0 Å². The molecular weight excluding hydrogens is 188 g/mol. The van der Waals surface area contributed by atoms with Crippen molar-refractivity contribution in [3.63, 3.8) is 0 Å². The van der Waals surface area contributed by atoms with Crippen LogP contribution in [0.3, 0.4) is 0 Å². The van der Waals surface area contributed by atoms with Crippen molar-refractivity contribution in [1.29, 1.82) is 0 Å². The molecule has 1 amide bonds. The number of hydrogen-bond donors (Lipinski definition) is 1. The van der Waals surface area contributed by atoms with Gasteiger partial charge in [0.05, 0.1) is 6.54 Å². The Morgan fingerprint density at radius 2 is 2.07 bits per heavy atom. The zero-order chi connectivity index (χ0) is 10.7. The summed E-state index contributed by atoms with van der Waals surface area (Å²) in [6.07, 6.45) is 5.27. The molecule has 0 fully saturated rings. The first kappa shape index (κ1) is 9.65. The monoisotopic (exact) mass is 200 g/mol. The molecule has 0 aliphatic carbocycles. The molecule has 0 saturated carbocycles. The first-order chi connectivity index (χ1) is 7.26. The van der Waals surface area contributed by atoms with Gasteiger partial charge in [-0.05, 0) is 11.6 Å². The fourth-order valence-electron chi connectivity index (χ4n) is 1.74. The van der Waals surface area contributed by atoms with E-state index in [1.54, 1.807) is 12.3 Å². The summed E-state index contributed by atoms with van der Waals surface area (Å²) in [6, 6.07) is 9.50. The Bertz CT molecular complexity index is 423. The summed E-state index contributed by atoms with van der Waals surface area (Å²) >= 11 is 0. The van der Waals surface area contributed by atoms with E-state index in [1.165, 1.54) is 0 Å². The lowest BCUT2D eigenvalue weighted by Crippen LogP contribution is -2.43. The van der Waals surface area contributed by atoms with E-state index in [1.807, 2.05) is 36.4 Å². The van der Waals surface area contributed by atoms with E-state index in [0.29, 0.717) is 6.54 Å². The molecule has 1 aromatic rings. The van der Waals surface area contributed by atoms with Crippen LogP contribution in [0.5, 0.6) is 0 Å². The molecule has 1 unspecified atom stereocenters. The molecule has 1 atom stereocenters. The van der Waals surface area contributed by atoms with Gasteiger partial charge in [0, 0.05) is 6.21 Å². The van der Waals surface area contributed by atoms with Crippen LogP contribution in [0.15, 0.2) is 47.5 Å². The van der Waals surface area contributed by atoms with Crippen LogP contribution in [-0.2, 0) is 10.2 Å². The average Bonchev–Trinajstić information content (AvgIpc) is 2.31. The summed E-state index contributed by atoms with van der Waals surface area (Å²) in [7, 11) is 0. The highest BCUT2D eigenvalue weighted by Gasteiger charge is 2.36. The lowest BCUT2D eigenvalue weighted by molar-refractivity contribution is -0.121. The molecule has 0 spiro atoms. The van der Waals surface area contributed by atoms with Gasteiger partial charge in [0.15, 0.2) is 0 Å². The molecule has 15 heavy (non-hydrogen) atoms. The number of rotatable bonds is 2. The quantitative estimate of drug-likeness (QED) is 0.762. The third-order valence-electron chi connectivity index (χ3n) is 2.64. The Morgan fingerprint density at radius 3 is 2.60 bits per heavy atom. The minimum Gasteiger partial charge on any atom is -0.369 e. The minimum absolute atomic E-state index is 0.359. The predicted octanol–water partition coefficient (Wildman–Crippen LogP) is 1.05. The van der Waals surface area contributed by atoms with Crippen molar-refractivity contribution >= 4 is 12.1 Å². The largest absolute Gasteiger partial charge is 0.369 e. The number of allylic oxidation sites excluding steroid dienone is 1. The number of carbonyl (C=O) groups excluding carboxylic acids is 1. The van der Waals surface area contributed by atoms with Crippen LogP contribution in [0.1, 0.15) is 5.56 Å². The second-order valence-electron chi connectivity index (χ2n) is 3.55. The van der Waals surface area contributed by atoms with E-state index in [2.05, 4.69) is 4.99 Å². The molecule has 2 rings (SSSR count). The molecule has 1 aliphatic rings. The SMILES string of the molecule is NC(=O)C1(c2ccccc2)C=CC=NC1. The van der Waals surface area contributed by atoms with E-state index in [9.17, 15) is 4.79 Å². The highest BCUT2D eigenvalue weighted by Crippen LogP contribution is 2.27. The molecule has 1 heterocycles. The summed E-state index contributed by atoms with van der Waals surface area (Å²) in [4.78, 5) is 15.7. The average molecular weight is 200 g/mol. The summed E-state index contributed by atoms with van der Waals surface area (Å²) in [5.41, 5.74) is 5.60. The summed E-state index contributed by atoms with van der Waals surface area (Å²) < 4.78 is 0. The smallest absolute Gasteiger partial charge is 0.233 e. The molecular formula is C12H12N2O. The standard InChI is InChI=1S/C12H12N2O/c13-11(15)12(7-4-8-14-9-12)10-5-2-1-3-6-10/h1-8H,9H2,(H2,13,15). The van der Waals surface area contributed by atoms with Crippen LogP contribution in [0.25, 0.3) is 0 Å². The molecule has 1 aliphatic heterocycles. The number of carbonyl (C=O) groups is 1. The lowest BCUT2D eigenvalue weighted by atomic mass is 9.78. The van der Waals surface area contributed by atoms with Crippen LogP contribution in [0.4, 0.5) is 0 Å². The number of nitrogens with zero attached hydrogens (tertiary/aromatic N) is 1. The summed E-state index contributed by atoms with van der Waals surface area (Å²) in [6.45, 7) is 0.392. The zero-order valence-corrected chi connectivity index (χ0v) is 8.26. The molecule has 0 bridgehead atoms. The Hall–Kier alpha value is -1.90. The Kier molecular flexibility index (Phi) is 2.37. The Balaban J connectivity index is 2.49. The van der Waals surface area contributed by atoms with Gasteiger partial charge in [-0.15, -0.1) is 0 Å². The van der Waals surface area contributed by atoms with Gasteiger partial charge < -0.3 is 5.73 Å². The van der Waals surface area contributed by atoms with Crippen LogP contribution >= 0.6 is 0 Å². The van der Waals surface area contributed by atoms with Crippen molar-refractivity contribution in [3.05, 3.63) is 48.0 Å². The number of hydrogen-bond acceptors (Lipinski definition) is 2. The Morgan fingerprint density at radius 1 is 1.33 bits per heavy atom. The van der Waals surface area contributed by atoms with Crippen LogP contribution in [-0.4, -0.2) is 18.7 Å². The van der Waals surface area contributed by atoms with Crippen molar-refractivity contribution in [2.75, 3.05) is 6.54 Å². The lowest BCUT2D eigenvalue weighted by Gasteiger charge is -2.27. The summed E-state index contributed by atoms with van der Waals surface area (Å²) in [5.74, 6) is -0.359. The predicted molar refractivity (Wildman–Crippen MR) is 59.8 cm³/mol. The third kappa shape index (κ3) is 1.56. The Labute approximate surface area is 88.3 Å². The van der Waals surface area contributed by atoms with Gasteiger partial charge in [-0.1, -0.05) is 36.4 Å². The van der Waals surface area contributed by atoms with Crippen LogP contribution in [0.2, 0.25) is 0 Å². The maximum Gasteiger partial charge on any atom is 0.233 e. The number of aliphatic imine (C=N–C) groups is 1. The van der Waals surface area contributed by atoms with Gasteiger partial charge in [0.2, 0.25) is 5.91 Å². The molecule has 0 aromatic heterocycles. The van der Waals surface area contributed by atoms with E-state index in [0.717, 1.165) is 5.56 Å². The first-order valence-corrected chi connectivity index (χ1v) is 4.79. The fourth-order valence-corrected chi connectivity index (χ4v) is 1.74. The maximum atomic E-state index is 11.6. The number of dihydropyridines is 1. The van der Waals surface area contributed by atoms with Gasteiger partial charge in [0.25, 0.3) is 0 Å². The highest BCUT2D eigenvalue weighted by molar-refractivity contribution is 5.92. The normalized spacial score (nSPS) is 24.0. The fraction of sp³-hybridized carbons (Fsp3) is 0.167. The maximum absolute atomic E-state index is 11.6. The number of benzene rings is 1. The molecule has 76 valence electrons. The number of primary amides is 1. The van der Waals surface area contributed by atoms with E-state index in [4.69, 9.17) is 5.73 Å². The van der Waals surface area contributed by atoms with Crippen molar-refractivity contribution in [2.24, 2.45) is 10.7 Å². The zero-order valence-electron chi connectivity index (χ0n) is 8.26. The van der Waals surface area contributed by atoms with Gasteiger partial charge in [-0.25, -0.2) is 0 Å². The molecule has 3 heteroatoms. The van der Waals surface area contributed by atoms with Crippen LogP contribution in [0, 0.1) is 0 Å². The highest BCUT2D eigenvalue weighted by atomic mass is 16.1. The molecule has 2 N–H and O–H groups in total. The van der Waals surface area contributed by atoms with Gasteiger partial charge in [-0.3, -0.25) is 9.79 Å². The topological polar surface area (TPSA) is 55.5 Å². The van der Waals surface area contributed by atoms with Crippen molar-refractivity contribution in [1.82, 2.24) is 0 Å². The second-order valence-corrected chi connectivity index (χ2v) is 3.55. The van der Waals surface area contributed by atoms with Crippen molar-refractivity contribution in [2.45, 2.75) is 5.41 Å². The van der Waals surface area contributed by atoms with Gasteiger partial charge in [0.1, 0.15) is 5.41 Å². The first-order valence-electron chi connectivity index (χ1n) is 4.79. The van der Waals surface area contributed by atoms with Crippen LogP contribution < -0.4 is 5.73 Å².